The molecule has 0 unspecified atom stereocenters. The van der Waals surface area contributed by atoms with Crippen LogP contribution in [0.4, 0.5) is 8.78 Å². The lowest BCUT2D eigenvalue weighted by Gasteiger charge is -2.20. The third kappa shape index (κ3) is 3.18. The first-order valence-corrected chi connectivity index (χ1v) is 4.85. The molecular weight excluding hydrogens is 198 g/mol. The van der Waals surface area contributed by atoms with Crippen molar-refractivity contribution >= 4 is 0 Å². The molecule has 0 aliphatic heterocycles. The Kier molecular flexibility index (Phi) is 3.32. The molecule has 0 N–H and O–H groups in total. The van der Waals surface area contributed by atoms with Crippen molar-refractivity contribution < 1.29 is 13.5 Å². The van der Waals surface area contributed by atoms with E-state index in [2.05, 4.69) is 0 Å². The van der Waals surface area contributed by atoms with E-state index < -0.39 is 11.6 Å². The minimum absolute atomic E-state index is 0.0342. The number of hydrogen-bond acceptors (Lipinski definition) is 1. The molecule has 0 saturated carbocycles. The molecule has 1 rings (SSSR count). The molecule has 0 aliphatic rings. The highest BCUT2D eigenvalue weighted by atomic mass is 19.1. The van der Waals surface area contributed by atoms with Crippen LogP contribution in [0.15, 0.2) is 12.1 Å². The zero-order valence-corrected chi connectivity index (χ0v) is 9.53. The van der Waals surface area contributed by atoms with Crippen LogP contribution >= 0.6 is 0 Å². The van der Waals surface area contributed by atoms with Crippen LogP contribution in [0, 0.1) is 17.0 Å². The van der Waals surface area contributed by atoms with Crippen LogP contribution < -0.4 is 4.74 Å². The van der Waals surface area contributed by atoms with Gasteiger partial charge >= 0.3 is 0 Å². The van der Waals surface area contributed by atoms with Gasteiger partial charge in [0.25, 0.3) is 0 Å². The monoisotopic (exact) mass is 214 g/mol. The van der Waals surface area contributed by atoms with Crippen LogP contribution in [-0.4, -0.2) is 7.11 Å². The first-order chi connectivity index (χ1) is 6.83. The van der Waals surface area contributed by atoms with Crippen molar-refractivity contribution in [2.45, 2.75) is 27.2 Å². The standard InChI is InChI=1S/C12H16F2O/c1-12(2,3)7-8-5-9(13)6-10(14)11(8)15-4/h5-6H,7H2,1-4H3. The molecule has 1 aromatic rings. The molecule has 0 aliphatic carbocycles. The third-order valence-corrected chi connectivity index (χ3v) is 2.01. The molecule has 1 aromatic carbocycles. The van der Waals surface area contributed by atoms with Gasteiger partial charge in [0, 0.05) is 11.6 Å². The van der Waals surface area contributed by atoms with E-state index in [1.807, 2.05) is 20.8 Å². The summed E-state index contributed by atoms with van der Waals surface area (Å²) in [4.78, 5) is 0. The van der Waals surface area contributed by atoms with Gasteiger partial charge in [-0.2, -0.15) is 0 Å². The molecule has 0 heterocycles. The Morgan fingerprint density at radius 2 is 1.80 bits per heavy atom. The molecule has 0 amide bonds. The number of rotatable bonds is 2. The fourth-order valence-corrected chi connectivity index (χ4v) is 1.54. The first kappa shape index (κ1) is 12.0. The van der Waals surface area contributed by atoms with Gasteiger partial charge in [0.1, 0.15) is 5.82 Å². The van der Waals surface area contributed by atoms with Crippen molar-refractivity contribution in [2.75, 3.05) is 7.11 Å². The Labute approximate surface area is 89.1 Å². The minimum atomic E-state index is -0.642. The predicted molar refractivity (Wildman–Crippen MR) is 56.1 cm³/mol. The smallest absolute Gasteiger partial charge is 0.168 e. The molecule has 0 bridgehead atoms. The third-order valence-electron chi connectivity index (χ3n) is 2.01. The topological polar surface area (TPSA) is 9.23 Å². The Bertz CT molecular complexity index is 353. The Morgan fingerprint density at radius 1 is 1.20 bits per heavy atom. The summed E-state index contributed by atoms with van der Waals surface area (Å²) in [5.41, 5.74) is 0.538. The quantitative estimate of drug-likeness (QED) is 0.731. The molecule has 0 radical (unpaired) electrons. The van der Waals surface area contributed by atoms with E-state index in [1.54, 1.807) is 0 Å². The van der Waals surface area contributed by atoms with Gasteiger partial charge in [-0.1, -0.05) is 20.8 Å². The zero-order chi connectivity index (χ0) is 11.6. The Hall–Kier alpha value is -1.12. The summed E-state index contributed by atoms with van der Waals surface area (Å²) in [5, 5.41) is 0. The van der Waals surface area contributed by atoms with Gasteiger partial charge in [0.05, 0.1) is 7.11 Å². The second-order valence-electron chi connectivity index (χ2n) is 4.82. The average Bonchev–Trinajstić information content (AvgIpc) is 1.99. The van der Waals surface area contributed by atoms with Crippen LogP contribution in [0.5, 0.6) is 5.75 Å². The van der Waals surface area contributed by atoms with Crippen LogP contribution in [0.2, 0.25) is 0 Å². The maximum absolute atomic E-state index is 13.3. The van der Waals surface area contributed by atoms with Gasteiger partial charge in [-0.05, 0) is 17.9 Å². The molecule has 3 heteroatoms. The number of benzene rings is 1. The van der Waals surface area contributed by atoms with Crippen LogP contribution in [0.3, 0.4) is 0 Å². The van der Waals surface area contributed by atoms with Crippen molar-refractivity contribution in [1.29, 1.82) is 0 Å². The summed E-state index contributed by atoms with van der Waals surface area (Å²) in [7, 11) is 1.39. The van der Waals surface area contributed by atoms with E-state index in [0.717, 1.165) is 6.07 Å². The summed E-state index contributed by atoms with van der Waals surface area (Å²) in [6, 6.07) is 2.16. The van der Waals surface area contributed by atoms with E-state index in [-0.39, 0.29) is 11.2 Å². The summed E-state index contributed by atoms with van der Waals surface area (Å²) in [6.45, 7) is 6.03. The fraction of sp³-hybridized carbons (Fsp3) is 0.500. The van der Waals surface area contributed by atoms with Gasteiger partial charge < -0.3 is 4.74 Å². The highest BCUT2D eigenvalue weighted by Crippen LogP contribution is 2.30. The SMILES string of the molecule is COc1c(F)cc(F)cc1CC(C)(C)C. The first-order valence-electron chi connectivity index (χ1n) is 4.85. The number of halogens is 2. The van der Waals surface area contributed by atoms with Crippen molar-refractivity contribution in [3.05, 3.63) is 29.3 Å². The molecular formula is C12H16F2O. The molecule has 1 nitrogen and oxygen atoms in total. The van der Waals surface area contributed by atoms with E-state index in [1.165, 1.54) is 13.2 Å². The van der Waals surface area contributed by atoms with E-state index in [0.29, 0.717) is 12.0 Å². The zero-order valence-electron chi connectivity index (χ0n) is 9.53. The Morgan fingerprint density at radius 3 is 2.27 bits per heavy atom. The molecule has 0 saturated heterocycles. The summed E-state index contributed by atoms with van der Waals surface area (Å²) < 4.78 is 31.3. The second kappa shape index (κ2) is 4.17. The highest BCUT2D eigenvalue weighted by molar-refractivity contribution is 5.36. The van der Waals surface area contributed by atoms with Crippen LogP contribution in [0.1, 0.15) is 26.3 Å². The van der Waals surface area contributed by atoms with Gasteiger partial charge in [0.15, 0.2) is 11.6 Å². The maximum Gasteiger partial charge on any atom is 0.168 e. The normalized spacial score (nSPS) is 11.6. The predicted octanol–water partition coefficient (Wildman–Crippen LogP) is 3.56. The Balaban J connectivity index is 3.15. The van der Waals surface area contributed by atoms with Gasteiger partial charge in [-0.3, -0.25) is 0 Å². The van der Waals surface area contributed by atoms with Crippen LogP contribution in [0.25, 0.3) is 0 Å². The number of methoxy groups -OCH3 is 1. The highest BCUT2D eigenvalue weighted by Gasteiger charge is 2.18. The molecule has 0 spiro atoms. The van der Waals surface area contributed by atoms with Crippen molar-refractivity contribution in [3.63, 3.8) is 0 Å². The summed E-state index contributed by atoms with van der Waals surface area (Å²) in [5.74, 6) is -1.06. The van der Waals surface area contributed by atoms with Gasteiger partial charge in [-0.25, -0.2) is 8.78 Å². The molecule has 84 valence electrons. The lowest BCUT2D eigenvalue weighted by molar-refractivity contribution is 0.358. The number of hydrogen-bond donors (Lipinski definition) is 0. The summed E-state index contributed by atoms with van der Waals surface area (Å²) >= 11 is 0. The van der Waals surface area contributed by atoms with Crippen molar-refractivity contribution in [2.24, 2.45) is 5.41 Å². The second-order valence-corrected chi connectivity index (χ2v) is 4.82. The van der Waals surface area contributed by atoms with Crippen molar-refractivity contribution in [1.82, 2.24) is 0 Å². The number of ether oxygens (including phenoxy) is 1. The molecule has 0 atom stereocenters. The molecule has 0 aromatic heterocycles. The van der Waals surface area contributed by atoms with Crippen molar-refractivity contribution in [3.8, 4) is 5.75 Å². The fourth-order valence-electron chi connectivity index (χ4n) is 1.54. The van der Waals surface area contributed by atoms with Crippen LogP contribution in [-0.2, 0) is 6.42 Å². The van der Waals surface area contributed by atoms with E-state index in [4.69, 9.17) is 4.74 Å². The largest absolute Gasteiger partial charge is 0.493 e. The van der Waals surface area contributed by atoms with Gasteiger partial charge in [-0.15, -0.1) is 0 Å². The van der Waals surface area contributed by atoms with E-state index >= 15 is 0 Å². The molecule has 0 fully saturated rings. The lowest BCUT2D eigenvalue weighted by atomic mass is 9.87. The van der Waals surface area contributed by atoms with Gasteiger partial charge in [0.2, 0.25) is 0 Å². The minimum Gasteiger partial charge on any atom is -0.493 e. The summed E-state index contributed by atoms with van der Waals surface area (Å²) in [6.07, 6.45) is 0.574. The lowest BCUT2D eigenvalue weighted by Crippen LogP contribution is -2.11. The average molecular weight is 214 g/mol. The maximum atomic E-state index is 13.3. The molecule has 15 heavy (non-hydrogen) atoms. The van der Waals surface area contributed by atoms with E-state index in [9.17, 15) is 8.78 Å².